The van der Waals surface area contributed by atoms with Gasteiger partial charge < -0.3 is 4.74 Å². The van der Waals surface area contributed by atoms with E-state index in [2.05, 4.69) is 15.3 Å². The number of thiophene rings is 1. The highest BCUT2D eigenvalue weighted by Crippen LogP contribution is 2.25. The van der Waals surface area contributed by atoms with Crippen LogP contribution in [0.3, 0.4) is 0 Å². The second-order valence-corrected chi connectivity index (χ2v) is 6.39. The van der Waals surface area contributed by atoms with Crippen LogP contribution in [0.1, 0.15) is 17.6 Å². The third-order valence-corrected chi connectivity index (χ3v) is 4.71. The van der Waals surface area contributed by atoms with Crippen molar-refractivity contribution in [3.63, 3.8) is 0 Å². The third-order valence-electron chi connectivity index (χ3n) is 2.96. The van der Waals surface area contributed by atoms with Crippen molar-refractivity contribution < 1.29 is 9.53 Å². The van der Waals surface area contributed by atoms with E-state index in [4.69, 9.17) is 4.74 Å². The average Bonchev–Trinajstić information content (AvgIpc) is 3.15. The molecular weight excluding hydrogens is 320 g/mol. The van der Waals surface area contributed by atoms with Crippen LogP contribution in [0.25, 0.3) is 6.08 Å². The lowest BCUT2D eigenvalue weighted by molar-refractivity contribution is -0.137. The summed E-state index contributed by atoms with van der Waals surface area (Å²) in [4.78, 5) is 13.3. The Balaban J connectivity index is 2.01. The standard InChI is InChI=1S/C14H14N4O2S2/c1-3-20-13(19)11(7-10-5-4-6-21-10)12-8-22-14-16-15-9(2)18(14)17-12/h4-7H,3,8H2,1-2H3/b11-7+. The van der Waals surface area contributed by atoms with Crippen molar-refractivity contribution in [1.29, 1.82) is 0 Å². The van der Waals surface area contributed by atoms with Gasteiger partial charge >= 0.3 is 5.97 Å². The molecule has 0 unspecified atom stereocenters. The lowest BCUT2D eigenvalue weighted by atomic mass is 10.1. The van der Waals surface area contributed by atoms with Gasteiger partial charge in [-0.25, -0.2) is 4.79 Å². The number of ether oxygens (including phenoxy) is 1. The van der Waals surface area contributed by atoms with Gasteiger partial charge in [0.15, 0.2) is 5.82 Å². The predicted molar refractivity (Wildman–Crippen MR) is 87.2 cm³/mol. The second kappa shape index (κ2) is 6.45. The highest BCUT2D eigenvalue weighted by atomic mass is 32.2. The molecule has 0 spiro atoms. The second-order valence-electron chi connectivity index (χ2n) is 4.47. The molecule has 0 aromatic carbocycles. The minimum atomic E-state index is -0.357. The minimum Gasteiger partial charge on any atom is -0.462 e. The topological polar surface area (TPSA) is 69.4 Å². The maximum atomic E-state index is 12.3. The SMILES string of the molecule is CCOC(=O)/C(=C/c1cccs1)C1=Nn2c(C)nnc2SC1. The van der Waals surface area contributed by atoms with Gasteiger partial charge in [0.1, 0.15) is 0 Å². The highest BCUT2D eigenvalue weighted by Gasteiger charge is 2.24. The maximum absolute atomic E-state index is 12.3. The van der Waals surface area contributed by atoms with Crippen LogP contribution >= 0.6 is 23.1 Å². The first kappa shape index (κ1) is 15.0. The van der Waals surface area contributed by atoms with Crippen LogP contribution in [0.5, 0.6) is 0 Å². The van der Waals surface area contributed by atoms with E-state index < -0.39 is 0 Å². The molecule has 0 saturated carbocycles. The van der Waals surface area contributed by atoms with Crippen molar-refractivity contribution in [3.05, 3.63) is 33.8 Å². The van der Waals surface area contributed by atoms with E-state index in [1.165, 1.54) is 11.8 Å². The number of esters is 1. The maximum Gasteiger partial charge on any atom is 0.340 e. The number of thioether (sulfide) groups is 1. The van der Waals surface area contributed by atoms with E-state index in [1.807, 2.05) is 30.5 Å². The summed E-state index contributed by atoms with van der Waals surface area (Å²) in [6.45, 7) is 3.95. The zero-order chi connectivity index (χ0) is 15.5. The summed E-state index contributed by atoms with van der Waals surface area (Å²) in [7, 11) is 0. The summed E-state index contributed by atoms with van der Waals surface area (Å²) in [5.41, 5.74) is 1.16. The Hall–Kier alpha value is -1.93. The lowest BCUT2D eigenvalue weighted by Crippen LogP contribution is -2.21. The Morgan fingerprint density at radius 1 is 1.50 bits per heavy atom. The molecule has 0 atom stereocenters. The van der Waals surface area contributed by atoms with E-state index >= 15 is 0 Å². The van der Waals surface area contributed by atoms with E-state index in [-0.39, 0.29) is 5.97 Å². The van der Waals surface area contributed by atoms with Crippen molar-refractivity contribution in [3.8, 4) is 0 Å². The monoisotopic (exact) mass is 334 g/mol. The number of rotatable bonds is 4. The van der Waals surface area contributed by atoms with Gasteiger partial charge in [0.25, 0.3) is 0 Å². The molecule has 8 heteroatoms. The van der Waals surface area contributed by atoms with Crippen LogP contribution in [-0.2, 0) is 9.53 Å². The fourth-order valence-electron chi connectivity index (χ4n) is 1.94. The first-order valence-corrected chi connectivity index (χ1v) is 8.61. The van der Waals surface area contributed by atoms with Crippen LogP contribution in [0.15, 0.2) is 33.3 Å². The molecule has 114 valence electrons. The number of hydrogen-bond donors (Lipinski definition) is 0. The molecule has 2 aromatic rings. The summed E-state index contributed by atoms with van der Waals surface area (Å²) < 4.78 is 6.83. The first-order valence-electron chi connectivity index (χ1n) is 6.74. The number of aryl methyl sites for hydroxylation is 1. The highest BCUT2D eigenvalue weighted by molar-refractivity contribution is 7.99. The summed E-state index contributed by atoms with van der Waals surface area (Å²) >= 11 is 3.07. The lowest BCUT2D eigenvalue weighted by Gasteiger charge is -2.14. The van der Waals surface area contributed by atoms with Gasteiger partial charge in [-0.3, -0.25) is 0 Å². The van der Waals surface area contributed by atoms with Gasteiger partial charge in [-0.1, -0.05) is 17.8 Å². The number of carbonyl (C=O) groups excluding carboxylic acids is 1. The zero-order valence-corrected chi connectivity index (χ0v) is 13.8. The summed E-state index contributed by atoms with van der Waals surface area (Å²) in [6, 6.07) is 3.90. The number of nitrogens with zero attached hydrogens (tertiary/aromatic N) is 4. The van der Waals surface area contributed by atoms with Crippen LogP contribution in [0.4, 0.5) is 0 Å². The molecule has 0 N–H and O–H groups in total. The fraction of sp³-hybridized carbons (Fsp3) is 0.286. The molecular formula is C14H14N4O2S2. The summed E-state index contributed by atoms with van der Waals surface area (Å²) in [5.74, 6) is 0.900. The van der Waals surface area contributed by atoms with E-state index in [1.54, 1.807) is 22.9 Å². The van der Waals surface area contributed by atoms with Gasteiger partial charge in [-0.15, -0.1) is 21.5 Å². The molecule has 0 amide bonds. The molecule has 2 aromatic heterocycles. The van der Waals surface area contributed by atoms with Gasteiger partial charge in [-0.2, -0.15) is 9.78 Å². The van der Waals surface area contributed by atoms with Gasteiger partial charge in [0.2, 0.25) is 5.16 Å². The van der Waals surface area contributed by atoms with Crippen molar-refractivity contribution in [2.45, 2.75) is 19.0 Å². The fourth-order valence-corrected chi connectivity index (χ4v) is 3.47. The largest absolute Gasteiger partial charge is 0.462 e. The number of aromatic nitrogens is 3. The van der Waals surface area contributed by atoms with Crippen LogP contribution in [0.2, 0.25) is 0 Å². The van der Waals surface area contributed by atoms with Crippen LogP contribution in [0, 0.1) is 6.92 Å². The average molecular weight is 334 g/mol. The number of carbonyl (C=O) groups is 1. The van der Waals surface area contributed by atoms with Crippen molar-refractivity contribution in [2.24, 2.45) is 5.10 Å². The normalized spacial score (nSPS) is 14.5. The van der Waals surface area contributed by atoms with E-state index in [9.17, 15) is 4.79 Å². The Morgan fingerprint density at radius 3 is 3.09 bits per heavy atom. The molecule has 0 radical (unpaired) electrons. The van der Waals surface area contributed by atoms with Gasteiger partial charge in [0, 0.05) is 10.6 Å². The summed E-state index contributed by atoms with van der Waals surface area (Å²) in [5, 5.41) is 15.3. The molecule has 22 heavy (non-hydrogen) atoms. The zero-order valence-electron chi connectivity index (χ0n) is 12.1. The smallest absolute Gasteiger partial charge is 0.340 e. The molecule has 0 bridgehead atoms. The number of hydrogen-bond acceptors (Lipinski definition) is 7. The van der Waals surface area contributed by atoms with Crippen molar-refractivity contribution >= 4 is 40.9 Å². The van der Waals surface area contributed by atoms with E-state index in [0.29, 0.717) is 29.5 Å². The van der Waals surface area contributed by atoms with Crippen molar-refractivity contribution in [1.82, 2.24) is 14.9 Å². The van der Waals surface area contributed by atoms with Gasteiger partial charge in [0.05, 0.1) is 17.9 Å². The Bertz CT molecular complexity index is 747. The Morgan fingerprint density at radius 2 is 2.36 bits per heavy atom. The molecule has 3 heterocycles. The Kier molecular flexibility index (Phi) is 4.39. The molecule has 3 rings (SSSR count). The molecule has 0 aliphatic carbocycles. The summed E-state index contributed by atoms with van der Waals surface area (Å²) in [6.07, 6.45) is 1.83. The molecule has 1 aliphatic heterocycles. The van der Waals surface area contributed by atoms with E-state index in [0.717, 1.165) is 10.0 Å². The first-order chi connectivity index (χ1) is 10.7. The molecule has 0 fully saturated rings. The van der Waals surface area contributed by atoms with Crippen molar-refractivity contribution in [2.75, 3.05) is 12.4 Å². The predicted octanol–water partition coefficient (Wildman–Crippen LogP) is 2.60. The Labute approximate surface area is 135 Å². The van der Waals surface area contributed by atoms with Crippen LogP contribution in [-0.4, -0.2) is 38.9 Å². The molecule has 0 saturated heterocycles. The number of fused-ring (bicyclic) bond motifs is 1. The minimum absolute atomic E-state index is 0.331. The third kappa shape index (κ3) is 2.97. The van der Waals surface area contributed by atoms with Gasteiger partial charge in [-0.05, 0) is 31.4 Å². The van der Waals surface area contributed by atoms with Crippen LogP contribution < -0.4 is 0 Å². The molecule has 1 aliphatic rings. The molecule has 6 nitrogen and oxygen atoms in total. The quantitative estimate of drug-likeness (QED) is 0.635.